The first-order valence-electron chi connectivity index (χ1n) is 4.95. The van der Waals surface area contributed by atoms with Crippen LogP contribution in [-0.2, 0) is 14.3 Å². The Kier molecular flexibility index (Phi) is 5.90. The summed E-state index contributed by atoms with van der Waals surface area (Å²) in [5.41, 5.74) is 0.0397. The fourth-order valence-corrected chi connectivity index (χ4v) is 1.27. The van der Waals surface area contributed by atoms with Gasteiger partial charge in [0, 0.05) is 7.11 Å². The number of benzene rings is 1. The van der Waals surface area contributed by atoms with Crippen molar-refractivity contribution in [3.05, 3.63) is 29.0 Å². The van der Waals surface area contributed by atoms with E-state index in [1.165, 1.54) is 19.2 Å². The van der Waals surface area contributed by atoms with Gasteiger partial charge >= 0.3 is 0 Å². The van der Waals surface area contributed by atoms with Crippen molar-refractivity contribution in [2.45, 2.75) is 0 Å². The smallest absolute Gasteiger partial charge is 0.250 e. The average Bonchev–Trinajstić information content (AvgIpc) is 2.31. The number of nitrogens with one attached hydrogen (secondary N) is 1. The van der Waals surface area contributed by atoms with Crippen LogP contribution in [0.3, 0.4) is 0 Å². The molecule has 0 bridgehead atoms. The maximum absolute atomic E-state index is 13.4. The summed E-state index contributed by atoms with van der Waals surface area (Å²) in [7, 11) is 1.53. The predicted molar refractivity (Wildman–Crippen MR) is 62.7 cm³/mol. The number of methoxy groups -OCH3 is 1. The molecule has 0 aliphatic rings. The van der Waals surface area contributed by atoms with Gasteiger partial charge in [-0.1, -0.05) is 17.7 Å². The molecule has 17 heavy (non-hydrogen) atoms. The van der Waals surface area contributed by atoms with Crippen LogP contribution in [0.15, 0.2) is 18.2 Å². The van der Waals surface area contributed by atoms with E-state index in [0.29, 0.717) is 13.2 Å². The van der Waals surface area contributed by atoms with Crippen LogP contribution in [0.2, 0.25) is 5.02 Å². The molecule has 1 N–H and O–H groups in total. The van der Waals surface area contributed by atoms with Gasteiger partial charge in [-0.25, -0.2) is 4.39 Å². The van der Waals surface area contributed by atoms with Crippen molar-refractivity contribution in [2.24, 2.45) is 0 Å². The molecule has 1 rings (SSSR count). The second-order valence-corrected chi connectivity index (χ2v) is 3.60. The Bertz CT molecular complexity index is 387. The maximum atomic E-state index is 13.4. The Balaban J connectivity index is 2.43. The SMILES string of the molecule is COCCOCC(=O)Nc1cccc(Cl)c1F. The molecular formula is C11H13ClFNO3. The quantitative estimate of drug-likeness (QED) is 0.798. The number of halogens is 2. The van der Waals surface area contributed by atoms with E-state index < -0.39 is 11.7 Å². The molecule has 0 atom stereocenters. The molecular weight excluding hydrogens is 249 g/mol. The predicted octanol–water partition coefficient (Wildman–Crippen LogP) is 2.08. The number of hydrogen-bond acceptors (Lipinski definition) is 3. The van der Waals surface area contributed by atoms with E-state index in [9.17, 15) is 9.18 Å². The van der Waals surface area contributed by atoms with Crippen LogP contribution in [0.1, 0.15) is 0 Å². The third-order valence-corrected chi connectivity index (χ3v) is 2.18. The monoisotopic (exact) mass is 261 g/mol. The highest BCUT2D eigenvalue weighted by molar-refractivity contribution is 6.31. The minimum absolute atomic E-state index is 0.0388. The molecule has 0 saturated heterocycles. The molecule has 0 fully saturated rings. The summed E-state index contributed by atoms with van der Waals surface area (Å²) in [5, 5.41) is 2.32. The molecule has 0 aromatic heterocycles. The van der Waals surface area contributed by atoms with Crippen molar-refractivity contribution in [1.82, 2.24) is 0 Å². The Labute approximate surface area is 104 Å². The fourth-order valence-electron chi connectivity index (χ4n) is 1.09. The van der Waals surface area contributed by atoms with Gasteiger partial charge in [-0.3, -0.25) is 4.79 Å². The van der Waals surface area contributed by atoms with Gasteiger partial charge in [0.15, 0.2) is 5.82 Å². The van der Waals surface area contributed by atoms with Crippen molar-refractivity contribution in [3.63, 3.8) is 0 Å². The highest BCUT2D eigenvalue weighted by Crippen LogP contribution is 2.21. The van der Waals surface area contributed by atoms with Gasteiger partial charge in [0.05, 0.1) is 23.9 Å². The number of rotatable bonds is 6. The second-order valence-electron chi connectivity index (χ2n) is 3.19. The van der Waals surface area contributed by atoms with Gasteiger partial charge in [-0.05, 0) is 12.1 Å². The molecule has 4 nitrogen and oxygen atoms in total. The third kappa shape index (κ3) is 4.68. The zero-order chi connectivity index (χ0) is 12.7. The molecule has 0 aliphatic heterocycles. The Morgan fingerprint density at radius 2 is 2.24 bits per heavy atom. The second kappa shape index (κ2) is 7.21. The topological polar surface area (TPSA) is 47.6 Å². The summed E-state index contributed by atoms with van der Waals surface area (Å²) in [4.78, 5) is 11.4. The first kappa shape index (κ1) is 13.9. The van der Waals surface area contributed by atoms with E-state index in [1.54, 1.807) is 6.07 Å². The molecule has 0 radical (unpaired) electrons. The lowest BCUT2D eigenvalue weighted by Crippen LogP contribution is -2.20. The lowest BCUT2D eigenvalue weighted by Gasteiger charge is -2.07. The molecule has 1 amide bonds. The minimum Gasteiger partial charge on any atom is -0.382 e. The summed E-state index contributed by atoms with van der Waals surface area (Å²) >= 11 is 5.57. The third-order valence-electron chi connectivity index (χ3n) is 1.89. The van der Waals surface area contributed by atoms with Crippen molar-refractivity contribution < 1.29 is 18.7 Å². The van der Waals surface area contributed by atoms with E-state index in [1.807, 2.05) is 0 Å². The summed E-state index contributed by atoms with van der Waals surface area (Å²) in [6, 6.07) is 4.38. The molecule has 1 aromatic rings. The number of ether oxygens (including phenoxy) is 2. The van der Waals surface area contributed by atoms with E-state index >= 15 is 0 Å². The number of anilines is 1. The van der Waals surface area contributed by atoms with Crippen LogP contribution in [0.5, 0.6) is 0 Å². The molecule has 0 unspecified atom stereocenters. The van der Waals surface area contributed by atoms with Crippen molar-refractivity contribution in [2.75, 3.05) is 32.2 Å². The van der Waals surface area contributed by atoms with Crippen molar-refractivity contribution >= 4 is 23.2 Å². The Hall–Kier alpha value is -1.17. The van der Waals surface area contributed by atoms with E-state index in [-0.39, 0.29) is 17.3 Å². The van der Waals surface area contributed by atoms with E-state index in [0.717, 1.165) is 0 Å². The van der Waals surface area contributed by atoms with Gasteiger partial charge in [-0.2, -0.15) is 0 Å². The number of amides is 1. The highest BCUT2D eigenvalue weighted by Gasteiger charge is 2.09. The Morgan fingerprint density at radius 1 is 1.47 bits per heavy atom. The van der Waals surface area contributed by atoms with Crippen LogP contribution in [0.25, 0.3) is 0 Å². The first-order chi connectivity index (χ1) is 8.15. The molecule has 1 aromatic carbocycles. The minimum atomic E-state index is -0.653. The van der Waals surface area contributed by atoms with Gasteiger partial charge < -0.3 is 14.8 Å². The number of carbonyl (C=O) groups is 1. The Morgan fingerprint density at radius 3 is 2.94 bits per heavy atom. The molecule has 94 valence electrons. The number of carbonyl (C=O) groups excluding carboxylic acids is 1. The van der Waals surface area contributed by atoms with Crippen LogP contribution < -0.4 is 5.32 Å². The van der Waals surface area contributed by atoms with Gasteiger partial charge in [0.25, 0.3) is 0 Å². The fraction of sp³-hybridized carbons (Fsp3) is 0.364. The molecule has 0 heterocycles. The molecule has 0 saturated carbocycles. The van der Waals surface area contributed by atoms with Gasteiger partial charge in [0.2, 0.25) is 5.91 Å². The standard InChI is InChI=1S/C11H13ClFNO3/c1-16-5-6-17-7-10(15)14-9-4-2-3-8(12)11(9)13/h2-4H,5-7H2,1H3,(H,14,15). The zero-order valence-electron chi connectivity index (χ0n) is 9.33. The van der Waals surface area contributed by atoms with E-state index in [2.05, 4.69) is 5.32 Å². The lowest BCUT2D eigenvalue weighted by molar-refractivity contribution is -0.121. The van der Waals surface area contributed by atoms with Crippen LogP contribution in [-0.4, -0.2) is 32.8 Å². The van der Waals surface area contributed by atoms with Gasteiger partial charge in [-0.15, -0.1) is 0 Å². The summed E-state index contributed by atoms with van der Waals surface area (Å²) in [5.74, 6) is -1.10. The van der Waals surface area contributed by atoms with Crippen LogP contribution in [0.4, 0.5) is 10.1 Å². The van der Waals surface area contributed by atoms with E-state index in [4.69, 9.17) is 21.1 Å². The summed E-state index contributed by atoms with van der Waals surface area (Å²) in [6.07, 6.45) is 0. The first-order valence-corrected chi connectivity index (χ1v) is 5.33. The van der Waals surface area contributed by atoms with Crippen LogP contribution in [0, 0.1) is 5.82 Å². The normalized spacial score (nSPS) is 10.3. The van der Waals surface area contributed by atoms with Gasteiger partial charge in [0.1, 0.15) is 6.61 Å². The van der Waals surface area contributed by atoms with Crippen molar-refractivity contribution in [3.8, 4) is 0 Å². The summed E-state index contributed by atoms with van der Waals surface area (Å²) in [6.45, 7) is 0.552. The molecule has 6 heteroatoms. The summed E-state index contributed by atoms with van der Waals surface area (Å²) < 4.78 is 23.1. The number of hydrogen-bond donors (Lipinski definition) is 1. The molecule has 0 aliphatic carbocycles. The zero-order valence-corrected chi connectivity index (χ0v) is 10.1. The largest absolute Gasteiger partial charge is 0.382 e. The van der Waals surface area contributed by atoms with Crippen molar-refractivity contribution in [1.29, 1.82) is 0 Å². The average molecular weight is 262 g/mol. The lowest BCUT2D eigenvalue weighted by atomic mass is 10.3. The highest BCUT2D eigenvalue weighted by atomic mass is 35.5. The maximum Gasteiger partial charge on any atom is 0.250 e. The van der Waals surface area contributed by atoms with Crippen LogP contribution >= 0.6 is 11.6 Å². The molecule has 0 spiro atoms.